The average molecular weight is 480 g/mol. The van der Waals surface area contributed by atoms with Gasteiger partial charge in [0.1, 0.15) is 5.54 Å². The number of benzene rings is 2. The number of carbonyl (C=O) groups excluding carboxylic acids is 3. The largest absolute Gasteiger partial charge is 0.324 e. The fourth-order valence-corrected chi connectivity index (χ4v) is 7.02. The van der Waals surface area contributed by atoms with Gasteiger partial charge in [-0.1, -0.05) is 23.8 Å². The molecule has 0 aliphatic carbocycles. The highest BCUT2D eigenvalue weighted by Crippen LogP contribution is 2.61. The Kier molecular flexibility index (Phi) is 3.88. The van der Waals surface area contributed by atoms with E-state index in [-0.39, 0.29) is 23.8 Å². The molecular weight excluding hydrogens is 458 g/mol. The molecule has 0 saturated carbocycles. The maximum absolute atomic E-state index is 13.9. The van der Waals surface area contributed by atoms with Crippen LogP contribution in [0, 0.1) is 25.7 Å². The number of halogens is 1. The monoisotopic (exact) mass is 479 g/mol. The molecule has 4 aliphatic rings. The maximum Gasteiger partial charge on any atom is 0.250 e. The van der Waals surface area contributed by atoms with Crippen molar-refractivity contribution in [3.05, 3.63) is 57.6 Å². The lowest BCUT2D eigenvalue weighted by Gasteiger charge is -2.36. The van der Waals surface area contributed by atoms with Crippen LogP contribution in [0.3, 0.4) is 0 Å². The first-order chi connectivity index (χ1) is 14.9. The van der Waals surface area contributed by atoms with Crippen LogP contribution in [-0.4, -0.2) is 35.2 Å². The van der Waals surface area contributed by atoms with Crippen molar-refractivity contribution in [2.24, 2.45) is 11.8 Å². The van der Waals surface area contributed by atoms with Gasteiger partial charge in [-0.25, -0.2) is 4.90 Å². The zero-order valence-corrected chi connectivity index (χ0v) is 18.9. The van der Waals surface area contributed by atoms with Crippen LogP contribution in [0.25, 0.3) is 0 Å². The maximum atomic E-state index is 13.9. The molecule has 2 aromatic carbocycles. The van der Waals surface area contributed by atoms with Crippen molar-refractivity contribution in [2.45, 2.75) is 38.3 Å². The number of nitrogens with one attached hydrogen (secondary N) is 1. The summed E-state index contributed by atoms with van der Waals surface area (Å²) in [6.45, 7) is 4.67. The summed E-state index contributed by atoms with van der Waals surface area (Å²) in [5.41, 5.74) is 3.08. The fraction of sp³-hybridized carbons (Fsp3) is 0.375. The Labute approximate surface area is 188 Å². The summed E-state index contributed by atoms with van der Waals surface area (Å²) >= 11 is 3.53. The van der Waals surface area contributed by atoms with E-state index in [1.165, 1.54) is 4.90 Å². The molecule has 2 aromatic rings. The SMILES string of the molecule is Cc1ccc(N2C(=O)[C@H]3[C@H]4CCCN4[C@]4(C(=O)Nc5ccc(C)cc54)[C@@H]3C2=O)c(Br)c1. The first-order valence-electron chi connectivity index (χ1n) is 10.7. The molecular formula is C24H22BrN3O3. The molecule has 4 heterocycles. The Hall–Kier alpha value is -2.51. The number of amides is 3. The van der Waals surface area contributed by atoms with Gasteiger partial charge in [-0.3, -0.25) is 19.3 Å². The lowest BCUT2D eigenvalue weighted by Crippen LogP contribution is -2.54. The third-order valence-electron chi connectivity index (χ3n) is 7.49. The molecule has 3 fully saturated rings. The van der Waals surface area contributed by atoms with Gasteiger partial charge in [0.15, 0.2) is 0 Å². The van der Waals surface area contributed by atoms with E-state index in [2.05, 4.69) is 26.1 Å². The fourth-order valence-electron chi connectivity index (χ4n) is 6.35. The van der Waals surface area contributed by atoms with Crippen LogP contribution in [0.4, 0.5) is 11.4 Å². The Balaban J connectivity index is 1.57. The average Bonchev–Trinajstić information content (AvgIpc) is 3.42. The highest BCUT2D eigenvalue weighted by Gasteiger charge is 2.74. The number of hydrogen-bond donors (Lipinski definition) is 1. The Morgan fingerprint density at radius 2 is 1.77 bits per heavy atom. The van der Waals surface area contributed by atoms with Gasteiger partial charge in [-0.05, 0) is 72.9 Å². The smallest absolute Gasteiger partial charge is 0.250 e. The summed E-state index contributed by atoms with van der Waals surface area (Å²) in [4.78, 5) is 44.8. The van der Waals surface area contributed by atoms with Crippen molar-refractivity contribution >= 4 is 45.0 Å². The summed E-state index contributed by atoms with van der Waals surface area (Å²) in [5.74, 6) is -1.89. The van der Waals surface area contributed by atoms with Gasteiger partial charge in [-0.15, -0.1) is 0 Å². The first-order valence-corrected chi connectivity index (χ1v) is 11.5. The van der Waals surface area contributed by atoms with Gasteiger partial charge in [0.25, 0.3) is 0 Å². The Bertz CT molecular complexity index is 1190. The van der Waals surface area contributed by atoms with Crippen LogP contribution in [0.15, 0.2) is 40.9 Å². The van der Waals surface area contributed by atoms with Crippen molar-refractivity contribution in [3.63, 3.8) is 0 Å². The number of hydrogen-bond acceptors (Lipinski definition) is 4. The van der Waals surface area contributed by atoms with E-state index in [4.69, 9.17) is 0 Å². The minimum Gasteiger partial charge on any atom is -0.324 e. The van der Waals surface area contributed by atoms with Crippen LogP contribution < -0.4 is 10.2 Å². The summed E-state index contributed by atoms with van der Waals surface area (Å²) in [6.07, 6.45) is 1.74. The first kappa shape index (κ1) is 19.2. The number of carbonyl (C=O) groups is 3. The summed E-state index contributed by atoms with van der Waals surface area (Å²) in [7, 11) is 0. The van der Waals surface area contributed by atoms with Crippen LogP contribution >= 0.6 is 15.9 Å². The Morgan fingerprint density at radius 1 is 1.03 bits per heavy atom. The van der Waals surface area contributed by atoms with Gasteiger partial charge in [-0.2, -0.15) is 0 Å². The minimum atomic E-state index is -1.12. The predicted molar refractivity (Wildman–Crippen MR) is 120 cm³/mol. The van der Waals surface area contributed by atoms with Gasteiger partial charge in [0.05, 0.1) is 17.5 Å². The molecule has 1 N–H and O–H groups in total. The molecule has 0 unspecified atom stereocenters. The summed E-state index contributed by atoms with van der Waals surface area (Å²) in [6, 6.07) is 11.4. The van der Waals surface area contributed by atoms with E-state index in [0.29, 0.717) is 16.7 Å². The van der Waals surface area contributed by atoms with E-state index in [9.17, 15) is 14.4 Å². The molecule has 158 valence electrons. The van der Waals surface area contributed by atoms with Crippen molar-refractivity contribution in [2.75, 3.05) is 16.8 Å². The molecule has 3 saturated heterocycles. The number of fused-ring (bicyclic) bond motifs is 7. The minimum absolute atomic E-state index is 0.104. The van der Waals surface area contributed by atoms with Gasteiger partial charge in [0.2, 0.25) is 17.7 Å². The van der Waals surface area contributed by atoms with Gasteiger partial charge in [0, 0.05) is 21.8 Å². The van der Waals surface area contributed by atoms with Crippen molar-refractivity contribution < 1.29 is 14.4 Å². The number of imide groups is 1. The van der Waals surface area contributed by atoms with Gasteiger partial charge >= 0.3 is 0 Å². The molecule has 6 nitrogen and oxygen atoms in total. The predicted octanol–water partition coefficient (Wildman–Crippen LogP) is 3.50. The second kappa shape index (κ2) is 6.26. The normalized spacial score (nSPS) is 31.4. The third kappa shape index (κ3) is 2.23. The third-order valence-corrected chi connectivity index (χ3v) is 8.13. The van der Waals surface area contributed by atoms with Crippen molar-refractivity contribution in [1.29, 1.82) is 0 Å². The molecule has 1 spiro atoms. The molecule has 3 amide bonds. The molecule has 0 bridgehead atoms. The number of rotatable bonds is 1. The van der Waals surface area contributed by atoms with E-state index in [1.807, 2.05) is 50.2 Å². The zero-order chi connectivity index (χ0) is 21.7. The molecule has 4 atom stereocenters. The number of nitrogens with zero attached hydrogens (tertiary/aromatic N) is 2. The number of aryl methyl sites for hydroxylation is 2. The highest BCUT2D eigenvalue weighted by molar-refractivity contribution is 9.10. The second-order valence-corrected chi connectivity index (χ2v) is 10.00. The molecule has 0 aromatic heterocycles. The molecule has 31 heavy (non-hydrogen) atoms. The lowest BCUT2D eigenvalue weighted by molar-refractivity contribution is -0.135. The van der Waals surface area contributed by atoms with Crippen molar-refractivity contribution in [1.82, 2.24) is 4.90 Å². The second-order valence-electron chi connectivity index (χ2n) is 9.14. The summed E-state index contributed by atoms with van der Waals surface area (Å²) in [5, 5.41) is 3.02. The zero-order valence-electron chi connectivity index (χ0n) is 17.3. The summed E-state index contributed by atoms with van der Waals surface area (Å²) < 4.78 is 0.707. The Morgan fingerprint density at radius 3 is 2.55 bits per heavy atom. The molecule has 0 radical (unpaired) electrons. The highest BCUT2D eigenvalue weighted by atomic mass is 79.9. The van der Waals surface area contributed by atoms with Gasteiger partial charge < -0.3 is 5.32 Å². The van der Waals surface area contributed by atoms with E-state index >= 15 is 0 Å². The molecule has 6 rings (SSSR count). The molecule has 7 heteroatoms. The standard InChI is InChI=1S/C24H22BrN3O3/c1-12-5-7-16-14(10-12)24(23(31)26-16)20-19(18-4-3-9-27(18)24)21(29)28(22(20)30)17-8-6-13(2)11-15(17)25/h5-8,10-11,18-20H,3-4,9H2,1-2H3,(H,26,31)/t18-,19+,20+,24+/m1/s1. The quantitative estimate of drug-likeness (QED) is 0.635. The van der Waals surface area contributed by atoms with E-state index in [0.717, 1.165) is 35.2 Å². The van der Waals surface area contributed by atoms with Crippen LogP contribution in [-0.2, 0) is 19.9 Å². The van der Waals surface area contributed by atoms with Crippen LogP contribution in [0.1, 0.15) is 29.5 Å². The number of anilines is 2. The lowest BCUT2D eigenvalue weighted by atomic mass is 9.75. The topological polar surface area (TPSA) is 69.7 Å². The molecule has 4 aliphatic heterocycles. The van der Waals surface area contributed by atoms with Crippen LogP contribution in [0.2, 0.25) is 0 Å². The van der Waals surface area contributed by atoms with E-state index in [1.54, 1.807) is 0 Å². The van der Waals surface area contributed by atoms with Crippen molar-refractivity contribution in [3.8, 4) is 0 Å². The van der Waals surface area contributed by atoms with Crippen LogP contribution in [0.5, 0.6) is 0 Å². The van der Waals surface area contributed by atoms with E-state index < -0.39 is 17.4 Å².